The van der Waals surface area contributed by atoms with Gasteiger partial charge in [-0.2, -0.15) is 0 Å². The van der Waals surface area contributed by atoms with Gasteiger partial charge in [-0.3, -0.25) is 9.59 Å². The molecule has 32 heavy (non-hydrogen) atoms. The summed E-state index contributed by atoms with van der Waals surface area (Å²) < 4.78 is 11.0. The monoisotopic (exact) mass is 434 g/mol. The molecule has 0 spiro atoms. The molecule has 0 aliphatic carbocycles. The number of benzene rings is 2. The zero-order chi connectivity index (χ0) is 23.2. The molecule has 0 bridgehead atoms. The van der Waals surface area contributed by atoms with Gasteiger partial charge >= 0.3 is 0 Å². The number of carbonyl (C=O) groups excluding carboxylic acids is 1. The molecule has 1 aliphatic heterocycles. The summed E-state index contributed by atoms with van der Waals surface area (Å²) in [6.45, 7) is 8.35. The zero-order valence-electron chi connectivity index (χ0n) is 19.5. The summed E-state index contributed by atoms with van der Waals surface area (Å²) in [7, 11) is 3.20. The van der Waals surface area contributed by atoms with Crippen LogP contribution in [0.25, 0.3) is 10.9 Å². The summed E-state index contributed by atoms with van der Waals surface area (Å²) in [5.41, 5.74) is 5.35. The van der Waals surface area contributed by atoms with Crippen LogP contribution < -0.4 is 15.0 Å². The van der Waals surface area contributed by atoms with E-state index in [1.54, 1.807) is 14.2 Å². The Kier molecular flexibility index (Phi) is 5.71. The van der Waals surface area contributed by atoms with Crippen molar-refractivity contribution < 1.29 is 14.3 Å². The molecule has 0 saturated carbocycles. The van der Waals surface area contributed by atoms with Gasteiger partial charge in [0.05, 0.1) is 25.8 Å². The lowest BCUT2D eigenvalue weighted by Crippen LogP contribution is -2.44. The third-order valence-corrected chi connectivity index (χ3v) is 6.53. The molecule has 6 heteroatoms. The Morgan fingerprint density at radius 1 is 1.06 bits per heavy atom. The largest absolute Gasteiger partial charge is 0.493 e. The van der Waals surface area contributed by atoms with Gasteiger partial charge < -0.3 is 19.4 Å². The number of aromatic nitrogens is 1. The number of aryl methyl sites for hydroxylation is 2. The van der Waals surface area contributed by atoms with Crippen molar-refractivity contribution in [2.45, 2.75) is 40.2 Å². The summed E-state index contributed by atoms with van der Waals surface area (Å²) in [5, 5.41) is 0.951. The van der Waals surface area contributed by atoms with Gasteiger partial charge in [-0.1, -0.05) is 26.0 Å². The SMILES string of the molecule is COc1cc2c(cc1OC)C(c1cc3ccc(C)c(C)c3[nH]c1=O)N(C(=O)C(C)C)CC2. The van der Waals surface area contributed by atoms with Crippen molar-refractivity contribution in [1.82, 2.24) is 9.88 Å². The Morgan fingerprint density at radius 3 is 2.41 bits per heavy atom. The fourth-order valence-corrected chi connectivity index (χ4v) is 4.60. The summed E-state index contributed by atoms with van der Waals surface area (Å²) in [4.78, 5) is 31.5. The number of nitrogens with zero attached hydrogens (tertiary/aromatic N) is 1. The predicted molar refractivity (Wildman–Crippen MR) is 126 cm³/mol. The molecule has 1 atom stereocenters. The summed E-state index contributed by atoms with van der Waals surface area (Å²) in [6, 6.07) is 9.37. The molecule has 0 radical (unpaired) electrons. The molecule has 2 heterocycles. The van der Waals surface area contributed by atoms with Gasteiger partial charge in [-0.25, -0.2) is 0 Å². The van der Waals surface area contributed by atoms with E-state index < -0.39 is 6.04 Å². The van der Waals surface area contributed by atoms with E-state index in [9.17, 15) is 9.59 Å². The lowest BCUT2D eigenvalue weighted by molar-refractivity contribution is -0.136. The maximum atomic E-state index is 13.4. The first-order valence-corrected chi connectivity index (χ1v) is 10.9. The molecule has 0 fully saturated rings. The molecule has 1 aliphatic rings. The minimum atomic E-state index is -0.497. The summed E-state index contributed by atoms with van der Waals surface area (Å²) in [6.07, 6.45) is 0.689. The maximum Gasteiger partial charge on any atom is 0.254 e. The minimum absolute atomic E-state index is 0.0232. The van der Waals surface area contributed by atoms with Crippen LogP contribution in [0.5, 0.6) is 11.5 Å². The molecule has 0 saturated heterocycles. The Hall–Kier alpha value is -3.28. The van der Waals surface area contributed by atoms with Gasteiger partial charge in [0.15, 0.2) is 11.5 Å². The number of nitrogens with one attached hydrogen (secondary N) is 1. The maximum absolute atomic E-state index is 13.4. The number of fused-ring (bicyclic) bond motifs is 2. The van der Waals surface area contributed by atoms with Crippen molar-refractivity contribution in [2.75, 3.05) is 20.8 Å². The van der Waals surface area contributed by atoms with E-state index in [0.717, 1.165) is 33.2 Å². The van der Waals surface area contributed by atoms with E-state index >= 15 is 0 Å². The highest BCUT2D eigenvalue weighted by molar-refractivity contribution is 5.84. The van der Waals surface area contributed by atoms with E-state index in [4.69, 9.17) is 9.47 Å². The average molecular weight is 435 g/mol. The fourth-order valence-electron chi connectivity index (χ4n) is 4.60. The van der Waals surface area contributed by atoms with Crippen LogP contribution in [-0.2, 0) is 11.2 Å². The van der Waals surface area contributed by atoms with Crippen LogP contribution in [0.1, 0.15) is 47.7 Å². The number of aromatic amines is 1. The molecule has 1 unspecified atom stereocenters. The molecule has 1 N–H and O–H groups in total. The Labute approximate surface area is 188 Å². The lowest BCUT2D eigenvalue weighted by Gasteiger charge is -2.38. The predicted octanol–water partition coefficient (Wildman–Crippen LogP) is 4.29. The van der Waals surface area contributed by atoms with Crippen LogP contribution in [0.4, 0.5) is 0 Å². The fraction of sp³-hybridized carbons (Fsp3) is 0.385. The number of ether oxygens (including phenoxy) is 2. The molecule has 4 rings (SSSR count). The van der Waals surface area contributed by atoms with E-state index in [1.807, 2.05) is 56.9 Å². The number of pyridine rings is 1. The lowest BCUT2D eigenvalue weighted by atomic mass is 9.86. The van der Waals surface area contributed by atoms with Gasteiger partial charge in [0.1, 0.15) is 0 Å². The topological polar surface area (TPSA) is 71.6 Å². The first-order chi connectivity index (χ1) is 15.3. The third-order valence-electron chi connectivity index (χ3n) is 6.53. The number of rotatable bonds is 4. The number of methoxy groups -OCH3 is 2. The molecule has 6 nitrogen and oxygen atoms in total. The van der Waals surface area contributed by atoms with Gasteiger partial charge in [0.25, 0.3) is 5.56 Å². The third kappa shape index (κ3) is 3.53. The smallest absolute Gasteiger partial charge is 0.254 e. The van der Waals surface area contributed by atoms with E-state index in [2.05, 4.69) is 11.1 Å². The van der Waals surface area contributed by atoms with Gasteiger partial charge in [-0.05, 0) is 66.1 Å². The number of carbonyl (C=O) groups is 1. The second-order valence-electron chi connectivity index (χ2n) is 8.77. The van der Waals surface area contributed by atoms with Crippen LogP contribution in [0, 0.1) is 19.8 Å². The highest BCUT2D eigenvalue weighted by Gasteiger charge is 2.35. The average Bonchev–Trinajstić information content (AvgIpc) is 2.79. The second kappa shape index (κ2) is 8.34. The number of hydrogen-bond donors (Lipinski definition) is 1. The Balaban J connectivity index is 1.99. The van der Waals surface area contributed by atoms with Crippen molar-refractivity contribution >= 4 is 16.8 Å². The first-order valence-electron chi connectivity index (χ1n) is 10.9. The number of hydrogen-bond acceptors (Lipinski definition) is 4. The normalized spacial score (nSPS) is 15.7. The van der Waals surface area contributed by atoms with Gasteiger partial charge in [-0.15, -0.1) is 0 Å². The van der Waals surface area contributed by atoms with Crippen LogP contribution in [0.2, 0.25) is 0 Å². The Bertz CT molecular complexity index is 1260. The van der Waals surface area contributed by atoms with E-state index in [1.165, 1.54) is 0 Å². The van der Waals surface area contributed by atoms with E-state index in [-0.39, 0.29) is 17.4 Å². The van der Waals surface area contributed by atoms with E-state index in [0.29, 0.717) is 30.0 Å². The standard InChI is InChI=1S/C26H30N2O4/c1-14(2)26(30)28-10-9-17-12-21(31-5)22(32-6)13-19(17)24(28)20-11-18-8-7-15(3)16(4)23(18)27-25(20)29/h7-8,11-14,24H,9-10H2,1-6H3,(H,27,29). The molecule has 1 amide bonds. The number of amides is 1. The second-order valence-corrected chi connectivity index (χ2v) is 8.77. The molecule has 2 aromatic carbocycles. The quantitative estimate of drug-likeness (QED) is 0.665. The molecule has 1 aromatic heterocycles. The summed E-state index contributed by atoms with van der Waals surface area (Å²) >= 11 is 0. The highest BCUT2D eigenvalue weighted by atomic mass is 16.5. The molecule has 168 valence electrons. The number of H-pyrrole nitrogens is 1. The van der Waals surface area contributed by atoms with Crippen LogP contribution in [0.15, 0.2) is 35.1 Å². The van der Waals surface area contributed by atoms with Crippen molar-refractivity contribution in [3.05, 3.63) is 68.5 Å². The Morgan fingerprint density at radius 2 is 1.75 bits per heavy atom. The van der Waals surface area contributed by atoms with Crippen molar-refractivity contribution in [1.29, 1.82) is 0 Å². The zero-order valence-corrected chi connectivity index (χ0v) is 19.5. The van der Waals surface area contributed by atoms with Gasteiger partial charge in [0, 0.05) is 18.0 Å². The van der Waals surface area contributed by atoms with Crippen LogP contribution in [-0.4, -0.2) is 36.6 Å². The molecule has 3 aromatic rings. The first kappa shape index (κ1) is 21.9. The van der Waals surface area contributed by atoms with Crippen LogP contribution >= 0.6 is 0 Å². The molecular formula is C26H30N2O4. The highest BCUT2D eigenvalue weighted by Crippen LogP contribution is 2.41. The van der Waals surface area contributed by atoms with Crippen molar-refractivity contribution in [2.24, 2.45) is 5.92 Å². The van der Waals surface area contributed by atoms with Crippen molar-refractivity contribution in [3.63, 3.8) is 0 Å². The minimum Gasteiger partial charge on any atom is -0.493 e. The van der Waals surface area contributed by atoms with Crippen molar-refractivity contribution in [3.8, 4) is 11.5 Å². The van der Waals surface area contributed by atoms with Crippen LogP contribution in [0.3, 0.4) is 0 Å². The summed E-state index contributed by atoms with van der Waals surface area (Å²) in [5.74, 6) is 1.07. The van der Waals surface area contributed by atoms with Gasteiger partial charge in [0.2, 0.25) is 5.91 Å². The molecular weight excluding hydrogens is 404 g/mol.